The Morgan fingerprint density at radius 3 is 1.31 bits per heavy atom. The third-order valence-corrected chi connectivity index (χ3v) is 10.2. The molecule has 8 nitrogen and oxygen atoms in total. The van der Waals surface area contributed by atoms with E-state index < -0.39 is 32.5 Å². The molecule has 0 radical (unpaired) electrons. The van der Waals surface area contributed by atoms with Gasteiger partial charge in [0.15, 0.2) is 6.10 Å². The maximum Gasteiger partial charge on any atom is 0.469 e. The maximum atomic E-state index is 12.4. The molecule has 0 aliphatic rings. The monoisotopic (exact) mass is 795 g/mol. The largest absolute Gasteiger partial charge is 0.469 e. The molecule has 0 heterocycles. The molecule has 0 bridgehead atoms. The molecule has 55 heavy (non-hydrogen) atoms. The molecular weight excluding hydrogens is 711 g/mol. The van der Waals surface area contributed by atoms with Gasteiger partial charge in [-0.3, -0.25) is 14.1 Å². The molecule has 0 fully saturated rings. The molecule has 9 heteroatoms. The lowest BCUT2D eigenvalue weighted by molar-refractivity contribution is -0.161. The van der Waals surface area contributed by atoms with E-state index in [1.807, 2.05) is 30.4 Å². The molecule has 0 aromatic heterocycles. The summed E-state index contributed by atoms with van der Waals surface area (Å²) >= 11 is 0. The van der Waals surface area contributed by atoms with E-state index in [2.05, 4.69) is 36.6 Å². The van der Waals surface area contributed by atoms with Crippen LogP contribution in [0.3, 0.4) is 0 Å². The fourth-order valence-electron chi connectivity index (χ4n) is 6.39. The Labute approximate surface area is 337 Å². The molecule has 0 aromatic rings. The third-order valence-electron chi connectivity index (χ3n) is 9.71. The number of rotatable bonds is 41. The Morgan fingerprint density at radius 1 is 0.491 bits per heavy atom. The van der Waals surface area contributed by atoms with E-state index in [0.717, 1.165) is 57.8 Å². The fraction of sp³-hybridized carbons (Fsp3) is 0.783. The van der Waals surface area contributed by atoms with Crippen LogP contribution in [0.1, 0.15) is 213 Å². The van der Waals surface area contributed by atoms with Gasteiger partial charge in [0, 0.05) is 12.8 Å². The highest BCUT2D eigenvalue weighted by molar-refractivity contribution is 7.46. The van der Waals surface area contributed by atoms with E-state index in [0.29, 0.717) is 12.8 Å². The number of esters is 2. The van der Waals surface area contributed by atoms with Crippen LogP contribution in [0.25, 0.3) is 0 Å². The fourth-order valence-corrected chi connectivity index (χ4v) is 6.75. The predicted octanol–water partition coefficient (Wildman–Crippen LogP) is 13.9. The van der Waals surface area contributed by atoms with Gasteiger partial charge in [0.25, 0.3) is 0 Å². The van der Waals surface area contributed by atoms with E-state index in [-0.39, 0.29) is 19.4 Å². The van der Waals surface area contributed by atoms with Crippen LogP contribution in [-0.2, 0) is 28.2 Å². The number of ether oxygens (including phenoxy) is 2. The summed E-state index contributed by atoms with van der Waals surface area (Å²) in [4.78, 5) is 42.9. The summed E-state index contributed by atoms with van der Waals surface area (Å²) in [5, 5.41) is 0. The molecule has 1 atom stereocenters. The number of phosphoric acid groups is 1. The van der Waals surface area contributed by atoms with E-state index in [4.69, 9.17) is 19.3 Å². The summed E-state index contributed by atoms with van der Waals surface area (Å²) in [7, 11) is -4.76. The zero-order valence-electron chi connectivity index (χ0n) is 35.3. The SMILES string of the molecule is CC/C=C/C=C/C=C/C=C/CCCCCCCC(=O)OC[C@H](COP(=O)(O)O)OC(=O)CCCCCCCCCCCCCCCCCCCCCCCC. The van der Waals surface area contributed by atoms with E-state index in [1.165, 1.54) is 116 Å². The molecule has 0 aliphatic heterocycles. The number of carbonyl (C=O) groups excluding carboxylic acids is 2. The first-order valence-corrected chi connectivity index (χ1v) is 24.0. The lowest BCUT2D eigenvalue weighted by Gasteiger charge is -2.18. The van der Waals surface area contributed by atoms with Crippen molar-refractivity contribution in [3.63, 3.8) is 0 Å². The van der Waals surface area contributed by atoms with Gasteiger partial charge in [-0.1, -0.05) is 217 Å². The molecule has 0 saturated heterocycles. The van der Waals surface area contributed by atoms with Gasteiger partial charge in [0.1, 0.15) is 6.61 Å². The van der Waals surface area contributed by atoms with Crippen LogP contribution in [0.15, 0.2) is 48.6 Å². The Kier molecular flexibility index (Phi) is 40.1. The summed E-state index contributed by atoms with van der Waals surface area (Å²) < 4.78 is 26.4. The van der Waals surface area contributed by atoms with Gasteiger partial charge in [-0.15, -0.1) is 0 Å². The Bertz CT molecular complexity index is 1030. The minimum absolute atomic E-state index is 0.209. The Balaban J connectivity index is 3.86. The molecule has 0 saturated carbocycles. The number of hydrogen-bond donors (Lipinski definition) is 2. The quantitative estimate of drug-likeness (QED) is 0.0272. The van der Waals surface area contributed by atoms with Gasteiger partial charge in [0.05, 0.1) is 6.61 Å². The van der Waals surface area contributed by atoms with Crippen molar-refractivity contribution in [1.29, 1.82) is 0 Å². The molecule has 0 aromatic carbocycles. The molecule has 2 N–H and O–H groups in total. The lowest BCUT2D eigenvalue weighted by atomic mass is 10.0. The number of hydrogen-bond acceptors (Lipinski definition) is 6. The lowest BCUT2D eigenvalue weighted by Crippen LogP contribution is -2.29. The van der Waals surface area contributed by atoms with Crippen molar-refractivity contribution in [2.24, 2.45) is 0 Å². The topological polar surface area (TPSA) is 119 Å². The summed E-state index contributed by atoms with van der Waals surface area (Å²) in [6, 6.07) is 0. The molecule has 0 rings (SSSR count). The van der Waals surface area contributed by atoms with Gasteiger partial charge in [-0.2, -0.15) is 0 Å². The first-order valence-electron chi connectivity index (χ1n) is 22.5. The van der Waals surface area contributed by atoms with Crippen LogP contribution in [0.2, 0.25) is 0 Å². The van der Waals surface area contributed by atoms with Crippen molar-refractivity contribution in [1.82, 2.24) is 0 Å². The number of phosphoric ester groups is 1. The van der Waals surface area contributed by atoms with E-state index >= 15 is 0 Å². The van der Waals surface area contributed by atoms with Crippen LogP contribution in [0.5, 0.6) is 0 Å². The number of allylic oxidation sites excluding steroid dienone is 8. The van der Waals surface area contributed by atoms with Gasteiger partial charge in [-0.05, 0) is 32.1 Å². The second-order valence-electron chi connectivity index (χ2n) is 15.1. The molecule has 320 valence electrons. The Morgan fingerprint density at radius 2 is 0.873 bits per heavy atom. The van der Waals surface area contributed by atoms with Crippen LogP contribution < -0.4 is 0 Å². The van der Waals surface area contributed by atoms with Crippen molar-refractivity contribution in [2.75, 3.05) is 13.2 Å². The summed E-state index contributed by atoms with van der Waals surface area (Å²) in [5.41, 5.74) is 0. The molecular formula is C46H83O8P. The number of carbonyl (C=O) groups is 2. The van der Waals surface area contributed by atoms with Crippen molar-refractivity contribution >= 4 is 19.8 Å². The number of unbranched alkanes of at least 4 members (excludes halogenated alkanes) is 26. The third kappa shape index (κ3) is 44.6. The minimum Gasteiger partial charge on any atom is -0.462 e. The van der Waals surface area contributed by atoms with Crippen LogP contribution in [0.4, 0.5) is 0 Å². The molecule has 0 aliphatic carbocycles. The summed E-state index contributed by atoms with van der Waals surface area (Å²) in [6.07, 6.45) is 51.3. The molecule has 0 spiro atoms. The highest BCUT2D eigenvalue weighted by Crippen LogP contribution is 2.36. The van der Waals surface area contributed by atoms with Crippen LogP contribution in [-0.4, -0.2) is 41.0 Å². The molecule has 0 amide bonds. The zero-order valence-corrected chi connectivity index (χ0v) is 36.2. The van der Waals surface area contributed by atoms with Crippen molar-refractivity contribution in [3.05, 3.63) is 48.6 Å². The maximum absolute atomic E-state index is 12.4. The van der Waals surface area contributed by atoms with Crippen molar-refractivity contribution in [2.45, 2.75) is 219 Å². The van der Waals surface area contributed by atoms with E-state index in [9.17, 15) is 14.2 Å². The summed E-state index contributed by atoms with van der Waals surface area (Å²) in [6.45, 7) is 3.55. The Hall–Kier alpha value is -1.99. The first-order chi connectivity index (χ1) is 26.8. The van der Waals surface area contributed by atoms with E-state index in [1.54, 1.807) is 0 Å². The minimum atomic E-state index is -4.76. The van der Waals surface area contributed by atoms with Crippen LogP contribution in [0, 0.1) is 0 Å². The standard InChI is InChI=1S/C46H83O8P/c1-3-5-7-9-11-13-15-17-19-20-21-22-23-24-25-27-29-31-33-35-37-39-41-46(48)54-44(43-53-55(49,50)51)42-52-45(47)40-38-36-34-32-30-28-26-18-16-14-12-10-8-6-4-2/h6,8,10,12,14,16,18,26,44H,3-5,7,9,11,13,15,17,19-25,27-43H2,1-2H3,(H2,49,50,51)/b8-6+,12-10+,16-14+,26-18+/t44-/m1/s1. The second-order valence-corrected chi connectivity index (χ2v) is 16.3. The molecule has 0 unspecified atom stereocenters. The average molecular weight is 795 g/mol. The van der Waals surface area contributed by atoms with Crippen molar-refractivity contribution < 1.29 is 37.9 Å². The second kappa shape index (κ2) is 41.6. The van der Waals surface area contributed by atoms with Gasteiger partial charge in [0.2, 0.25) is 0 Å². The highest BCUT2D eigenvalue weighted by Gasteiger charge is 2.22. The van der Waals surface area contributed by atoms with Gasteiger partial charge >= 0.3 is 19.8 Å². The zero-order chi connectivity index (χ0) is 40.3. The predicted molar refractivity (Wildman–Crippen MR) is 230 cm³/mol. The average Bonchev–Trinajstić information content (AvgIpc) is 3.16. The normalized spacial score (nSPS) is 12.9. The smallest absolute Gasteiger partial charge is 0.462 e. The van der Waals surface area contributed by atoms with Crippen molar-refractivity contribution in [3.8, 4) is 0 Å². The first kappa shape index (κ1) is 53.0. The van der Waals surface area contributed by atoms with Gasteiger partial charge in [-0.25, -0.2) is 4.57 Å². The summed E-state index contributed by atoms with van der Waals surface area (Å²) in [5.74, 6) is -0.906. The van der Waals surface area contributed by atoms with Crippen LogP contribution >= 0.6 is 7.82 Å². The highest BCUT2D eigenvalue weighted by atomic mass is 31.2. The van der Waals surface area contributed by atoms with Gasteiger partial charge < -0.3 is 19.3 Å².